The van der Waals surface area contributed by atoms with Crippen molar-refractivity contribution >= 4 is 23.3 Å². The second kappa shape index (κ2) is 9.16. The van der Waals surface area contributed by atoms with E-state index in [1.165, 1.54) is 0 Å². The van der Waals surface area contributed by atoms with Gasteiger partial charge in [0.1, 0.15) is 5.75 Å². The molecule has 33 heavy (non-hydrogen) atoms. The van der Waals surface area contributed by atoms with Crippen LogP contribution in [0.5, 0.6) is 5.75 Å². The van der Waals surface area contributed by atoms with E-state index in [1.807, 2.05) is 72.5 Å². The average Bonchev–Trinajstić information content (AvgIpc) is 3.10. The summed E-state index contributed by atoms with van der Waals surface area (Å²) in [6.07, 6.45) is 0. The molecule has 1 aliphatic heterocycles. The van der Waals surface area contributed by atoms with Crippen molar-refractivity contribution in [2.75, 3.05) is 11.5 Å². The van der Waals surface area contributed by atoms with E-state index in [2.05, 4.69) is 0 Å². The number of hydrogen-bond donors (Lipinski definition) is 2. The molecule has 7 heteroatoms. The van der Waals surface area contributed by atoms with Gasteiger partial charge in [-0.2, -0.15) is 0 Å². The number of nitrogens with zero attached hydrogens (tertiary/aromatic N) is 1. The fraction of sp³-hybridized carbons (Fsp3) is 0.192. The maximum Gasteiger partial charge on any atom is 0.341 e. The van der Waals surface area contributed by atoms with E-state index in [-0.39, 0.29) is 11.8 Å². The third-order valence-electron chi connectivity index (χ3n) is 5.93. The van der Waals surface area contributed by atoms with E-state index < -0.39 is 30.2 Å². The van der Waals surface area contributed by atoms with Gasteiger partial charge in [-0.05, 0) is 35.7 Å². The van der Waals surface area contributed by atoms with E-state index in [0.717, 1.165) is 22.4 Å². The molecule has 1 aliphatic rings. The minimum absolute atomic E-state index is 0.267. The van der Waals surface area contributed by atoms with Crippen LogP contribution in [-0.4, -0.2) is 35.4 Å². The number of carbonyl (C=O) groups is 3. The summed E-state index contributed by atoms with van der Waals surface area (Å²) in [4.78, 5) is 37.6. The molecule has 1 heterocycles. The number of ether oxygens (including phenoxy) is 1. The van der Waals surface area contributed by atoms with Crippen LogP contribution in [-0.2, 0) is 20.9 Å². The van der Waals surface area contributed by atoms with Gasteiger partial charge in [0.2, 0.25) is 5.78 Å². The number of carboxylic acids is 1. The molecule has 0 aromatic heterocycles. The molecule has 3 N–H and O–H groups in total. The molecule has 4 rings (SSSR count). The van der Waals surface area contributed by atoms with Crippen LogP contribution in [0.3, 0.4) is 0 Å². The van der Waals surface area contributed by atoms with Crippen LogP contribution in [0.25, 0.3) is 11.1 Å². The van der Waals surface area contributed by atoms with Crippen molar-refractivity contribution in [1.82, 2.24) is 0 Å². The van der Waals surface area contributed by atoms with Crippen molar-refractivity contribution in [3.05, 3.63) is 83.9 Å². The number of rotatable bonds is 8. The minimum Gasteiger partial charge on any atom is -0.482 e. The summed E-state index contributed by atoms with van der Waals surface area (Å²) in [5.41, 5.74) is 9.79. The first-order chi connectivity index (χ1) is 15.9. The highest BCUT2D eigenvalue weighted by molar-refractivity contribution is 6.38. The number of anilines is 1. The lowest BCUT2D eigenvalue weighted by atomic mass is 9.90. The smallest absolute Gasteiger partial charge is 0.341 e. The van der Waals surface area contributed by atoms with Crippen molar-refractivity contribution in [3.63, 3.8) is 0 Å². The Kier molecular flexibility index (Phi) is 6.13. The molecule has 3 aromatic rings. The first-order valence-electron chi connectivity index (χ1n) is 10.6. The lowest BCUT2D eigenvalue weighted by Gasteiger charge is -2.27. The van der Waals surface area contributed by atoms with E-state index in [1.54, 1.807) is 12.1 Å². The predicted molar refractivity (Wildman–Crippen MR) is 124 cm³/mol. The van der Waals surface area contributed by atoms with Gasteiger partial charge in [-0.15, -0.1) is 0 Å². The largest absolute Gasteiger partial charge is 0.482 e. The molecular weight excluding hydrogens is 420 g/mol. The number of carbonyl (C=O) groups excluding carboxylic acids is 2. The molecule has 0 spiro atoms. The minimum atomic E-state index is -1.13. The number of nitrogens with two attached hydrogens (primary N) is 1. The van der Waals surface area contributed by atoms with Gasteiger partial charge < -0.3 is 20.5 Å². The van der Waals surface area contributed by atoms with Gasteiger partial charge in [0.05, 0.1) is 5.92 Å². The number of fused-ring (bicyclic) bond motifs is 1. The Bertz CT molecular complexity index is 1190. The molecule has 0 fully saturated rings. The normalized spacial score (nSPS) is 16.8. The molecule has 0 radical (unpaired) electrons. The fourth-order valence-electron chi connectivity index (χ4n) is 4.36. The van der Waals surface area contributed by atoms with Crippen molar-refractivity contribution in [1.29, 1.82) is 0 Å². The van der Waals surface area contributed by atoms with Gasteiger partial charge >= 0.3 is 5.97 Å². The van der Waals surface area contributed by atoms with Crippen LogP contribution < -0.4 is 15.4 Å². The van der Waals surface area contributed by atoms with Crippen molar-refractivity contribution in [2.24, 2.45) is 5.73 Å². The molecular formula is C26H24N2O5. The molecule has 0 aliphatic carbocycles. The summed E-state index contributed by atoms with van der Waals surface area (Å²) in [5.74, 6) is -3.46. The predicted octanol–water partition coefficient (Wildman–Crippen LogP) is 3.36. The average molecular weight is 444 g/mol. The SMILES string of the molecule is CC1C(C(=O)C(N)=O)c2c(OCC(=O)O)cccc2N1Cc1ccc(-c2ccccc2)cc1. The Balaban J connectivity index is 1.67. The molecule has 168 valence electrons. The van der Waals surface area contributed by atoms with Gasteiger partial charge in [0.25, 0.3) is 5.91 Å². The van der Waals surface area contributed by atoms with Gasteiger partial charge in [-0.25, -0.2) is 4.79 Å². The molecule has 1 amide bonds. The van der Waals surface area contributed by atoms with Crippen LogP contribution in [0.2, 0.25) is 0 Å². The number of ketones is 1. The standard InChI is InChI=1S/C26H24N2O5/c1-16-23(25(31)26(27)32)24-20(8-5-9-21(24)33-15-22(29)30)28(16)14-17-10-12-19(13-11-17)18-6-3-2-4-7-18/h2-13,16,23H,14-15H2,1H3,(H2,27,32)(H,29,30). The zero-order chi connectivity index (χ0) is 23.5. The summed E-state index contributed by atoms with van der Waals surface area (Å²) < 4.78 is 5.45. The monoisotopic (exact) mass is 444 g/mol. The van der Waals surface area contributed by atoms with Crippen molar-refractivity contribution < 1.29 is 24.2 Å². The summed E-state index contributed by atoms with van der Waals surface area (Å²) in [5, 5.41) is 9.01. The fourth-order valence-corrected chi connectivity index (χ4v) is 4.36. The van der Waals surface area contributed by atoms with Gasteiger partial charge in [0.15, 0.2) is 6.61 Å². The highest BCUT2D eigenvalue weighted by Crippen LogP contribution is 2.47. The van der Waals surface area contributed by atoms with Crippen LogP contribution in [0.4, 0.5) is 5.69 Å². The Morgan fingerprint density at radius 2 is 1.61 bits per heavy atom. The van der Waals surface area contributed by atoms with Crippen LogP contribution >= 0.6 is 0 Å². The Labute approximate surface area is 191 Å². The van der Waals surface area contributed by atoms with E-state index >= 15 is 0 Å². The maximum atomic E-state index is 12.7. The van der Waals surface area contributed by atoms with Gasteiger partial charge in [-0.1, -0.05) is 60.7 Å². The molecule has 0 saturated carbocycles. The number of aliphatic carboxylic acids is 1. The first-order valence-corrected chi connectivity index (χ1v) is 10.6. The Morgan fingerprint density at radius 3 is 2.24 bits per heavy atom. The van der Waals surface area contributed by atoms with Gasteiger partial charge in [-0.3, -0.25) is 9.59 Å². The summed E-state index contributed by atoms with van der Waals surface area (Å²) >= 11 is 0. The Hall–Kier alpha value is -4.13. The third kappa shape index (κ3) is 4.43. The van der Waals surface area contributed by atoms with Crippen LogP contribution in [0.1, 0.15) is 24.0 Å². The zero-order valence-electron chi connectivity index (χ0n) is 18.1. The second-order valence-corrected chi connectivity index (χ2v) is 8.01. The van der Waals surface area contributed by atoms with Crippen molar-refractivity contribution in [3.8, 4) is 16.9 Å². The highest BCUT2D eigenvalue weighted by Gasteiger charge is 2.43. The molecule has 3 aromatic carbocycles. The zero-order valence-corrected chi connectivity index (χ0v) is 18.1. The van der Waals surface area contributed by atoms with E-state index in [4.69, 9.17) is 15.6 Å². The van der Waals surface area contributed by atoms with E-state index in [9.17, 15) is 14.4 Å². The lowest BCUT2D eigenvalue weighted by molar-refractivity contribution is -0.139. The van der Waals surface area contributed by atoms with Crippen LogP contribution in [0, 0.1) is 0 Å². The number of Topliss-reactive ketones (excluding diaryl/α,β-unsaturated/α-hetero) is 1. The topological polar surface area (TPSA) is 110 Å². The summed E-state index contributed by atoms with van der Waals surface area (Å²) in [7, 11) is 0. The summed E-state index contributed by atoms with van der Waals surface area (Å²) in [6.45, 7) is 1.79. The Morgan fingerprint density at radius 1 is 0.939 bits per heavy atom. The van der Waals surface area contributed by atoms with Crippen LogP contribution in [0.15, 0.2) is 72.8 Å². The molecule has 0 saturated heterocycles. The number of primary amides is 1. The number of carboxylic acid groups (broad SMARTS) is 1. The number of hydrogen-bond acceptors (Lipinski definition) is 5. The third-order valence-corrected chi connectivity index (χ3v) is 5.93. The van der Waals surface area contributed by atoms with Gasteiger partial charge in [0, 0.05) is 23.8 Å². The lowest BCUT2D eigenvalue weighted by Crippen LogP contribution is -2.38. The van der Waals surface area contributed by atoms with Crippen molar-refractivity contribution in [2.45, 2.75) is 25.4 Å². The molecule has 2 atom stereocenters. The number of benzene rings is 3. The quantitative estimate of drug-likeness (QED) is 0.516. The van der Waals surface area contributed by atoms with E-state index in [0.29, 0.717) is 12.1 Å². The highest BCUT2D eigenvalue weighted by atomic mass is 16.5. The summed E-state index contributed by atoms with van der Waals surface area (Å²) in [6, 6.07) is 23.0. The molecule has 0 bridgehead atoms. The molecule has 2 unspecified atom stereocenters. The number of amides is 1. The molecule has 7 nitrogen and oxygen atoms in total. The second-order valence-electron chi connectivity index (χ2n) is 8.01. The first kappa shape index (κ1) is 22.1. The maximum absolute atomic E-state index is 12.7.